The van der Waals surface area contributed by atoms with Crippen molar-refractivity contribution in [1.29, 1.82) is 0 Å². The molecule has 0 amide bonds. The Hall–Kier alpha value is -0.0800. The Morgan fingerprint density at radius 3 is 2.23 bits per heavy atom. The second-order valence-electron chi connectivity index (χ2n) is 5.17. The van der Waals surface area contributed by atoms with Gasteiger partial charge in [0.1, 0.15) is 0 Å². The molecule has 2 heteroatoms. The van der Waals surface area contributed by atoms with Crippen molar-refractivity contribution in [1.82, 2.24) is 0 Å². The van der Waals surface area contributed by atoms with E-state index in [4.69, 9.17) is 4.74 Å². The van der Waals surface area contributed by atoms with E-state index in [2.05, 4.69) is 0 Å². The van der Waals surface area contributed by atoms with Crippen LogP contribution in [0.3, 0.4) is 0 Å². The second kappa shape index (κ2) is 2.96. The van der Waals surface area contributed by atoms with E-state index in [9.17, 15) is 5.11 Å². The van der Waals surface area contributed by atoms with E-state index in [1.165, 1.54) is 19.3 Å². The lowest BCUT2D eigenvalue weighted by Gasteiger charge is -2.34. The summed E-state index contributed by atoms with van der Waals surface area (Å²) in [7, 11) is 0. The molecule has 76 valence electrons. The van der Waals surface area contributed by atoms with Gasteiger partial charge < -0.3 is 9.84 Å². The first-order valence-corrected chi connectivity index (χ1v) is 5.42. The van der Waals surface area contributed by atoms with Gasteiger partial charge in [-0.05, 0) is 26.7 Å². The summed E-state index contributed by atoms with van der Waals surface area (Å²) in [5.74, 6) is 0. The third-order valence-electron chi connectivity index (χ3n) is 3.61. The van der Waals surface area contributed by atoms with Gasteiger partial charge in [-0.15, -0.1) is 0 Å². The number of hydrogen-bond donors (Lipinski definition) is 1. The fourth-order valence-corrected chi connectivity index (χ4v) is 2.77. The first kappa shape index (κ1) is 9.47. The lowest BCUT2D eigenvalue weighted by Crippen LogP contribution is -2.35. The summed E-state index contributed by atoms with van der Waals surface area (Å²) in [4.78, 5) is 0. The minimum atomic E-state index is -0.322. The maximum Gasteiger partial charge on any atom is 0.0892 e. The lowest BCUT2D eigenvalue weighted by molar-refractivity contribution is -0.117. The Kier molecular flexibility index (Phi) is 2.16. The van der Waals surface area contributed by atoms with Crippen molar-refractivity contribution in [2.24, 2.45) is 0 Å². The molecule has 1 saturated carbocycles. The van der Waals surface area contributed by atoms with Crippen LogP contribution in [0.5, 0.6) is 0 Å². The molecule has 0 bridgehead atoms. The first-order valence-electron chi connectivity index (χ1n) is 5.42. The zero-order chi connectivity index (χ0) is 9.53. The smallest absolute Gasteiger partial charge is 0.0892 e. The summed E-state index contributed by atoms with van der Waals surface area (Å²) in [5.41, 5.74) is -0.293. The molecule has 1 unspecified atom stereocenters. The third kappa shape index (κ3) is 1.62. The van der Waals surface area contributed by atoms with Gasteiger partial charge in [-0.25, -0.2) is 0 Å². The first-order chi connectivity index (χ1) is 6.04. The summed E-state index contributed by atoms with van der Waals surface area (Å²) in [5, 5.41) is 9.85. The Labute approximate surface area is 80.3 Å². The molecule has 2 aliphatic rings. The number of aliphatic hydroxyl groups excluding tert-OH is 1. The van der Waals surface area contributed by atoms with E-state index in [0.29, 0.717) is 0 Å². The molecule has 1 aliphatic heterocycles. The van der Waals surface area contributed by atoms with Crippen LogP contribution in [-0.2, 0) is 4.74 Å². The van der Waals surface area contributed by atoms with Crippen LogP contribution >= 0.6 is 0 Å². The topological polar surface area (TPSA) is 29.5 Å². The molecule has 1 spiro atoms. The fourth-order valence-electron chi connectivity index (χ4n) is 2.77. The molecule has 1 N–H and O–H groups in total. The number of aliphatic hydroxyl groups is 1. The van der Waals surface area contributed by atoms with Gasteiger partial charge >= 0.3 is 0 Å². The molecular weight excluding hydrogens is 164 g/mol. The Balaban J connectivity index is 2.10. The normalized spacial score (nSPS) is 36.7. The van der Waals surface area contributed by atoms with Crippen molar-refractivity contribution in [3.63, 3.8) is 0 Å². The average Bonchev–Trinajstić information content (AvgIpc) is 2.23. The van der Waals surface area contributed by atoms with E-state index >= 15 is 0 Å². The molecule has 2 nitrogen and oxygen atoms in total. The van der Waals surface area contributed by atoms with Gasteiger partial charge in [-0.2, -0.15) is 0 Å². The minimum Gasteiger partial charge on any atom is -0.390 e. The van der Waals surface area contributed by atoms with Crippen LogP contribution in [0.2, 0.25) is 0 Å². The van der Waals surface area contributed by atoms with Crippen LogP contribution in [0, 0.1) is 0 Å². The van der Waals surface area contributed by atoms with Crippen LogP contribution < -0.4 is 0 Å². The van der Waals surface area contributed by atoms with Gasteiger partial charge in [-0.1, -0.05) is 19.3 Å². The minimum absolute atomic E-state index is 0.0289. The third-order valence-corrected chi connectivity index (χ3v) is 3.61. The molecule has 1 heterocycles. The van der Waals surface area contributed by atoms with Crippen LogP contribution in [0.25, 0.3) is 0 Å². The predicted octanol–water partition coefficient (Wildman–Crippen LogP) is 2.25. The molecule has 2 rings (SSSR count). The maximum atomic E-state index is 9.85. The summed E-state index contributed by atoms with van der Waals surface area (Å²) >= 11 is 0. The second-order valence-corrected chi connectivity index (χ2v) is 5.17. The van der Waals surface area contributed by atoms with Gasteiger partial charge in [0.05, 0.1) is 17.3 Å². The zero-order valence-electron chi connectivity index (χ0n) is 8.68. The molecule has 1 atom stereocenters. The lowest BCUT2D eigenvalue weighted by atomic mass is 9.82. The monoisotopic (exact) mass is 184 g/mol. The van der Waals surface area contributed by atoms with Crippen LogP contribution in [0.15, 0.2) is 0 Å². The SMILES string of the molecule is CC1(C)OC2(CCCCC2)CC1O. The van der Waals surface area contributed by atoms with E-state index in [1.54, 1.807) is 0 Å². The number of hydrogen-bond acceptors (Lipinski definition) is 2. The van der Waals surface area contributed by atoms with Crippen molar-refractivity contribution in [2.75, 3.05) is 0 Å². The van der Waals surface area contributed by atoms with E-state index in [1.807, 2.05) is 13.8 Å². The van der Waals surface area contributed by atoms with E-state index < -0.39 is 0 Å². The van der Waals surface area contributed by atoms with Gasteiger partial charge in [0.25, 0.3) is 0 Å². The molecule has 0 radical (unpaired) electrons. The molecule has 0 aromatic carbocycles. The van der Waals surface area contributed by atoms with E-state index in [-0.39, 0.29) is 17.3 Å². The largest absolute Gasteiger partial charge is 0.390 e. The van der Waals surface area contributed by atoms with Crippen molar-refractivity contribution in [2.45, 2.75) is 69.7 Å². The summed E-state index contributed by atoms with van der Waals surface area (Å²) in [6.07, 6.45) is 6.74. The molecular formula is C11H20O2. The summed E-state index contributed by atoms with van der Waals surface area (Å²) in [6, 6.07) is 0. The molecule has 2 fully saturated rings. The maximum absolute atomic E-state index is 9.85. The molecule has 13 heavy (non-hydrogen) atoms. The standard InChI is InChI=1S/C11H20O2/c1-10(2)9(12)8-11(13-10)6-4-3-5-7-11/h9,12H,3-8H2,1-2H3. The van der Waals surface area contributed by atoms with Gasteiger partial charge in [0, 0.05) is 6.42 Å². The summed E-state index contributed by atoms with van der Waals surface area (Å²) < 4.78 is 6.04. The fraction of sp³-hybridized carbons (Fsp3) is 1.00. The highest BCUT2D eigenvalue weighted by Gasteiger charge is 2.50. The van der Waals surface area contributed by atoms with Gasteiger partial charge in [0.2, 0.25) is 0 Å². The highest BCUT2D eigenvalue weighted by molar-refractivity contribution is 5.00. The van der Waals surface area contributed by atoms with Crippen LogP contribution in [0.1, 0.15) is 52.4 Å². The van der Waals surface area contributed by atoms with Crippen molar-refractivity contribution < 1.29 is 9.84 Å². The van der Waals surface area contributed by atoms with E-state index in [0.717, 1.165) is 19.3 Å². The van der Waals surface area contributed by atoms with Crippen molar-refractivity contribution in [3.05, 3.63) is 0 Å². The molecule has 1 saturated heterocycles. The molecule has 0 aromatic rings. The summed E-state index contributed by atoms with van der Waals surface area (Å²) in [6.45, 7) is 4.00. The Morgan fingerprint density at radius 1 is 1.15 bits per heavy atom. The Bertz CT molecular complexity index is 192. The van der Waals surface area contributed by atoms with Crippen LogP contribution in [-0.4, -0.2) is 22.4 Å². The molecule has 0 aromatic heterocycles. The van der Waals surface area contributed by atoms with Crippen molar-refractivity contribution >= 4 is 0 Å². The van der Waals surface area contributed by atoms with Crippen molar-refractivity contribution in [3.8, 4) is 0 Å². The molecule has 1 aliphatic carbocycles. The van der Waals surface area contributed by atoms with Crippen LogP contribution in [0.4, 0.5) is 0 Å². The highest BCUT2D eigenvalue weighted by Crippen LogP contribution is 2.45. The number of ether oxygens (including phenoxy) is 1. The zero-order valence-corrected chi connectivity index (χ0v) is 8.68. The quantitative estimate of drug-likeness (QED) is 0.625. The highest BCUT2D eigenvalue weighted by atomic mass is 16.5. The van der Waals surface area contributed by atoms with Gasteiger partial charge in [-0.3, -0.25) is 0 Å². The number of rotatable bonds is 0. The predicted molar refractivity (Wildman–Crippen MR) is 51.6 cm³/mol. The Morgan fingerprint density at radius 2 is 1.77 bits per heavy atom. The van der Waals surface area contributed by atoms with Gasteiger partial charge in [0.15, 0.2) is 0 Å². The average molecular weight is 184 g/mol.